The summed E-state index contributed by atoms with van der Waals surface area (Å²) in [5.41, 5.74) is 8.05. The van der Waals surface area contributed by atoms with Gasteiger partial charge in [0.25, 0.3) is 0 Å². The summed E-state index contributed by atoms with van der Waals surface area (Å²) < 4.78 is 5.01. The van der Waals surface area contributed by atoms with E-state index in [0.717, 1.165) is 5.56 Å². The molecule has 0 aliphatic carbocycles. The third-order valence-electron chi connectivity index (χ3n) is 2.78. The Morgan fingerprint density at radius 3 is 2.90 bits per heavy atom. The van der Waals surface area contributed by atoms with Gasteiger partial charge in [0.2, 0.25) is 0 Å². The second-order valence-electron chi connectivity index (χ2n) is 4.49. The summed E-state index contributed by atoms with van der Waals surface area (Å²) in [7, 11) is 0. The number of esters is 1. The Kier molecular flexibility index (Phi) is 4.65. The number of aromatic nitrogens is 1. The van der Waals surface area contributed by atoms with Gasteiger partial charge in [-0.15, -0.1) is 0 Å². The summed E-state index contributed by atoms with van der Waals surface area (Å²) in [5, 5.41) is 3.58. The molecule has 2 aromatic rings. The number of hydrogen-bond donors (Lipinski definition) is 2. The first-order chi connectivity index (χ1) is 10.0. The SMILES string of the molecule is CCOC(=O)c1cc(N)cnc1Nc1cc(C)ccc1Cl. The summed E-state index contributed by atoms with van der Waals surface area (Å²) in [5.74, 6) is -0.126. The van der Waals surface area contributed by atoms with Gasteiger partial charge in [-0.05, 0) is 37.6 Å². The van der Waals surface area contributed by atoms with Gasteiger partial charge in [-0.3, -0.25) is 0 Å². The van der Waals surface area contributed by atoms with E-state index in [4.69, 9.17) is 22.1 Å². The molecule has 0 saturated carbocycles. The minimum atomic E-state index is -0.483. The molecule has 0 spiro atoms. The highest BCUT2D eigenvalue weighted by Gasteiger charge is 2.15. The first-order valence-electron chi connectivity index (χ1n) is 6.47. The van der Waals surface area contributed by atoms with Gasteiger partial charge in [0.05, 0.1) is 29.2 Å². The van der Waals surface area contributed by atoms with Crippen LogP contribution in [0.5, 0.6) is 0 Å². The minimum absolute atomic E-state index is 0.273. The number of halogens is 1. The number of nitrogens with two attached hydrogens (primary N) is 1. The molecule has 0 aliphatic heterocycles. The van der Waals surface area contributed by atoms with E-state index in [1.807, 2.05) is 19.1 Å². The van der Waals surface area contributed by atoms with Crippen LogP contribution in [0, 0.1) is 6.92 Å². The van der Waals surface area contributed by atoms with Crippen LogP contribution in [0.2, 0.25) is 5.02 Å². The maximum absolute atomic E-state index is 12.0. The smallest absolute Gasteiger partial charge is 0.341 e. The number of hydrogen-bond acceptors (Lipinski definition) is 5. The average molecular weight is 306 g/mol. The van der Waals surface area contributed by atoms with Crippen molar-refractivity contribution >= 4 is 34.8 Å². The maximum Gasteiger partial charge on any atom is 0.341 e. The Bertz CT molecular complexity index is 674. The molecule has 0 saturated heterocycles. The molecule has 21 heavy (non-hydrogen) atoms. The van der Waals surface area contributed by atoms with Gasteiger partial charge in [-0.1, -0.05) is 17.7 Å². The Morgan fingerprint density at radius 2 is 2.19 bits per heavy atom. The van der Waals surface area contributed by atoms with E-state index in [1.165, 1.54) is 12.3 Å². The normalized spacial score (nSPS) is 10.2. The molecule has 1 aromatic carbocycles. The van der Waals surface area contributed by atoms with Gasteiger partial charge in [0.1, 0.15) is 11.4 Å². The maximum atomic E-state index is 12.0. The molecule has 0 aliphatic rings. The molecular weight excluding hydrogens is 290 g/mol. The lowest BCUT2D eigenvalue weighted by molar-refractivity contribution is 0.0527. The number of ether oxygens (including phenoxy) is 1. The van der Waals surface area contributed by atoms with Crippen LogP contribution in [0.25, 0.3) is 0 Å². The van der Waals surface area contributed by atoms with E-state index in [-0.39, 0.29) is 12.2 Å². The summed E-state index contributed by atoms with van der Waals surface area (Å²) >= 11 is 6.14. The largest absolute Gasteiger partial charge is 0.462 e. The quantitative estimate of drug-likeness (QED) is 0.845. The fourth-order valence-corrected chi connectivity index (χ4v) is 1.97. The van der Waals surface area contributed by atoms with Gasteiger partial charge < -0.3 is 15.8 Å². The van der Waals surface area contributed by atoms with Gasteiger partial charge >= 0.3 is 5.97 Å². The lowest BCUT2D eigenvalue weighted by Crippen LogP contribution is -2.10. The fourth-order valence-electron chi connectivity index (χ4n) is 1.81. The molecule has 0 bridgehead atoms. The molecule has 0 fully saturated rings. The molecule has 6 heteroatoms. The first-order valence-corrected chi connectivity index (χ1v) is 6.85. The van der Waals surface area contributed by atoms with Crippen LogP contribution >= 0.6 is 11.6 Å². The number of nitrogens with one attached hydrogen (secondary N) is 1. The zero-order valence-corrected chi connectivity index (χ0v) is 12.6. The van der Waals surface area contributed by atoms with Gasteiger partial charge in [-0.25, -0.2) is 9.78 Å². The van der Waals surface area contributed by atoms with Crippen LogP contribution in [0.4, 0.5) is 17.2 Å². The fraction of sp³-hybridized carbons (Fsp3) is 0.200. The van der Waals surface area contributed by atoms with E-state index < -0.39 is 5.97 Å². The molecule has 0 atom stereocenters. The van der Waals surface area contributed by atoms with Crippen molar-refractivity contribution in [3.63, 3.8) is 0 Å². The highest BCUT2D eigenvalue weighted by molar-refractivity contribution is 6.33. The van der Waals surface area contributed by atoms with Crippen LogP contribution in [0.1, 0.15) is 22.8 Å². The molecule has 0 unspecified atom stereocenters. The highest BCUT2D eigenvalue weighted by Crippen LogP contribution is 2.28. The topological polar surface area (TPSA) is 77.2 Å². The third kappa shape index (κ3) is 3.64. The van der Waals surface area contributed by atoms with Crippen molar-refractivity contribution in [2.24, 2.45) is 0 Å². The number of rotatable bonds is 4. The van der Waals surface area contributed by atoms with E-state index in [0.29, 0.717) is 22.2 Å². The predicted molar refractivity (Wildman–Crippen MR) is 84.1 cm³/mol. The first kappa shape index (κ1) is 15.1. The molecule has 0 amide bonds. The Morgan fingerprint density at radius 1 is 1.43 bits per heavy atom. The van der Waals surface area contributed by atoms with Crippen LogP contribution in [0.3, 0.4) is 0 Å². The number of anilines is 3. The van der Waals surface area contributed by atoms with Crippen LogP contribution < -0.4 is 11.1 Å². The van der Waals surface area contributed by atoms with Crippen molar-refractivity contribution in [2.45, 2.75) is 13.8 Å². The zero-order valence-electron chi connectivity index (χ0n) is 11.8. The van der Waals surface area contributed by atoms with Crippen LogP contribution in [-0.2, 0) is 4.74 Å². The number of aryl methyl sites for hydroxylation is 1. The molecule has 1 heterocycles. The van der Waals surface area contributed by atoms with Crippen LogP contribution in [-0.4, -0.2) is 17.6 Å². The number of carbonyl (C=O) groups excluding carboxylic acids is 1. The van der Waals surface area contributed by atoms with E-state index in [1.54, 1.807) is 13.0 Å². The van der Waals surface area contributed by atoms with E-state index >= 15 is 0 Å². The zero-order chi connectivity index (χ0) is 15.4. The van der Waals surface area contributed by atoms with Crippen molar-refractivity contribution < 1.29 is 9.53 Å². The number of benzene rings is 1. The molecule has 110 valence electrons. The molecule has 1 aromatic heterocycles. The van der Waals surface area contributed by atoms with Crippen molar-refractivity contribution in [2.75, 3.05) is 17.7 Å². The summed E-state index contributed by atoms with van der Waals surface area (Å²) in [6, 6.07) is 7.07. The summed E-state index contributed by atoms with van der Waals surface area (Å²) in [6.45, 7) is 3.96. The predicted octanol–water partition coefficient (Wildman–Crippen LogP) is 3.55. The van der Waals surface area contributed by atoms with Crippen molar-refractivity contribution in [1.82, 2.24) is 4.98 Å². The second kappa shape index (κ2) is 6.45. The summed E-state index contributed by atoms with van der Waals surface area (Å²) in [4.78, 5) is 16.1. The molecule has 0 radical (unpaired) electrons. The van der Waals surface area contributed by atoms with E-state index in [2.05, 4.69) is 10.3 Å². The second-order valence-corrected chi connectivity index (χ2v) is 4.90. The number of pyridine rings is 1. The lowest BCUT2D eigenvalue weighted by Gasteiger charge is -2.12. The lowest BCUT2D eigenvalue weighted by atomic mass is 10.2. The highest BCUT2D eigenvalue weighted by atomic mass is 35.5. The van der Waals surface area contributed by atoms with Gasteiger partial charge in [0, 0.05) is 0 Å². The van der Waals surface area contributed by atoms with Gasteiger partial charge in [0.15, 0.2) is 0 Å². The monoisotopic (exact) mass is 305 g/mol. The number of carbonyl (C=O) groups is 1. The molecular formula is C15H16ClN3O2. The van der Waals surface area contributed by atoms with Crippen molar-refractivity contribution in [3.05, 3.63) is 46.6 Å². The Labute approximate surface area is 128 Å². The minimum Gasteiger partial charge on any atom is -0.462 e. The third-order valence-corrected chi connectivity index (χ3v) is 3.11. The molecule has 3 N–H and O–H groups in total. The average Bonchev–Trinajstić information content (AvgIpc) is 2.45. The molecule has 5 nitrogen and oxygen atoms in total. The van der Waals surface area contributed by atoms with Crippen molar-refractivity contribution in [3.8, 4) is 0 Å². The Balaban J connectivity index is 2.39. The van der Waals surface area contributed by atoms with Gasteiger partial charge in [-0.2, -0.15) is 0 Å². The summed E-state index contributed by atoms with van der Waals surface area (Å²) in [6.07, 6.45) is 1.47. The molecule has 2 rings (SSSR count). The van der Waals surface area contributed by atoms with Crippen LogP contribution in [0.15, 0.2) is 30.5 Å². The number of nitrogens with zero attached hydrogens (tertiary/aromatic N) is 1. The standard InChI is InChI=1S/C15H16ClN3O2/c1-3-21-15(20)11-7-10(17)8-18-14(11)19-13-6-9(2)4-5-12(13)16/h4-8H,3,17H2,1-2H3,(H,18,19). The Hall–Kier alpha value is -2.27. The number of nitrogen functional groups attached to an aromatic ring is 1. The van der Waals surface area contributed by atoms with E-state index in [9.17, 15) is 4.79 Å². The van der Waals surface area contributed by atoms with Crippen molar-refractivity contribution in [1.29, 1.82) is 0 Å².